The molecule has 5 rings (SSSR count). The van der Waals surface area contributed by atoms with Gasteiger partial charge in [-0.15, -0.1) is 0 Å². The van der Waals surface area contributed by atoms with E-state index in [1.807, 2.05) is 16.7 Å². The average Bonchev–Trinajstić information content (AvgIpc) is 3.20. The minimum absolute atomic E-state index is 0.0124. The Morgan fingerprint density at radius 2 is 1.44 bits per heavy atom. The number of amides is 1. The van der Waals surface area contributed by atoms with Crippen molar-refractivity contribution in [3.8, 4) is 11.4 Å². The Hall–Kier alpha value is -2.47. The molecular formula is C27H30ClF2N3O. The van der Waals surface area contributed by atoms with Crippen LogP contribution in [-0.2, 0) is 10.3 Å². The van der Waals surface area contributed by atoms with Gasteiger partial charge in [-0.3, -0.25) is 4.79 Å². The number of fused-ring (bicyclic) bond motifs is 1. The number of aromatic nitrogens is 2. The van der Waals surface area contributed by atoms with E-state index in [9.17, 15) is 13.6 Å². The second-order valence-electron chi connectivity index (χ2n) is 9.89. The monoisotopic (exact) mass is 485 g/mol. The van der Waals surface area contributed by atoms with E-state index in [0.717, 1.165) is 75.8 Å². The van der Waals surface area contributed by atoms with E-state index < -0.39 is 23.1 Å². The van der Waals surface area contributed by atoms with E-state index in [4.69, 9.17) is 22.3 Å². The fourth-order valence-corrected chi connectivity index (χ4v) is 6.66. The Labute approximate surface area is 203 Å². The molecule has 1 aromatic heterocycles. The summed E-state index contributed by atoms with van der Waals surface area (Å²) in [4.78, 5) is 18.5. The van der Waals surface area contributed by atoms with Gasteiger partial charge < -0.3 is 10.3 Å². The number of primary amides is 1. The fourth-order valence-electron chi connectivity index (χ4n) is 6.54. The Balaban J connectivity index is 1.86. The Morgan fingerprint density at radius 1 is 0.912 bits per heavy atom. The molecule has 0 radical (unpaired) electrons. The smallest absolute Gasteiger partial charge is 0.244 e. The maximum Gasteiger partial charge on any atom is 0.244 e. The highest BCUT2D eigenvalue weighted by atomic mass is 35.5. The minimum Gasteiger partial charge on any atom is -0.368 e. The fraction of sp³-hybridized carbons (Fsp3) is 0.481. The van der Waals surface area contributed by atoms with Crippen molar-refractivity contribution in [3.63, 3.8) is 0 Å². The highest BCUT2D eigenvalue weighted by Gasteiger charge is 2.53. The van der Waals surface area contributed by atoms with Crippen molar-refractivity contribution in [2.75, 3.05) is 0 Å². The Morgan fingerprint density at radius 3 is 1.97 bits per heavy atom. The summed E-state index contributed by atoms with van der Waals surface area (Å²) >= 11 is 6.14. The summed E-state index contributed by atoms with van der Waals surface area (Å²) in [7, 11) is 0. The molecule has 2 aliphatic carbocycles. The lowest BCUT2D eigenvalue weighted by atomic mass is 9.63. The molecule has 2 aliphatic rings. The van der Waals surface area contributed by atoms with Crippen LogP contribution in [-0.4, -0.2) is 15.5 Å². The lowest BCUT2D eigenvalue weighted by Crippen LogP contribution is -2.58. The van der Waals surface area contributed by atoms with Gasteiger partial charge in [-0.2, -0.15) is 0 Å². The van der Waals surface area contributed by atoms with Gasteiger partial charge in [0.15, 0.2) is 11.6 Å². The number of benzene rings is 2. The first-order chi connectivity index (χ1) is 16.4. The quantitative estimate of drug-likeness (QED) is 0.424. The van der Waals surface area contributed by atoms with Crippen LogP contribution in [0.15, 0.2) is 36.4 Å². The van der Waals surface area contributed by atoms with Crippen LogP contribution < -0.4 is 5.73 Å². The summed E-state index contributed by atoms with van der Waals surface area (Å²) in [5.41, 5.74) is 6.79. The molecule has 180 valence electrons. The second kappa shape index (κ2) is 9.29. The number of halogens is 3. The van der Waals surface area contributed by atoms with E-state index in [1.165, 1.54) is 6.07 Å². The van der Waals surface area contributed by atoms with Crippen LogP contribution in [0.2, 0.25) is 5.02 Å². The molecule has 34 heavy (non-hydrogen) atoms. The Bertz CT molecular complexity index is 1180. The van der Waals surface area contributed by atoms with Crippen molar-refractivity contribution in [2.45, 2.75) is 69.7 Å². The normalized spacial score (nSPS) is 18.4. The molecule has 2 saturated carbocycles. The molecule has 0 saturated heterocycles. The number of nitrogens with two attached hydrogens (primary N) is 1. The number of imidazole rings is 1. The van der Waals surface area contributed by atoms with Crippen LogP contribution in [0.4, 0.5) is 8.78 Å². The SMILES string of the molecule is NC(=O)C(C1CCCCC1)(C1CCCCC1)n1c(-c2ccc(Cl)cc2)nc2cc(F)c(F)cc21. The summed E-state index contributed by atoms with van der Waals surface area (Å²) < 4.78 is 30.8. The maximum atomic E-state index is 14.6. The number of rotatable bonds is 5. The standard InChI is InChI=1S/C27H30ClF2N3O/c28-20-13-11-17(12-14-20)25-32-23-15-21(29)22(30)16-24(23)33(25)27(26(31)34,18-7-3-1-4-8-18)19-9-5-2-6-10-19/h11-16,18-19H,1-10H2,(H2,31,34). The van der Waals surface area contributed by atoms with Crippen molar-refractivity contribution in [1.82, 2.24) is 9.55 Å². The zero-order valence-electron chi connectivity index (χ0n) is 19.2. The molecule has 2 fully saturated rings. The molecule has 0 bridgehead atoms. The molecule has 2 aromatic carbocycles. The van der Waals surface area contributed by atoms with Crippen LogP contribution in [0.3, 0.4) is 0 Å². The number of carbonyl (C=O) groups is 1. The molecule has 2 N–H and O–H groups in total. The number of carbonyl (C=O) groups excluding carboxylic acids is 1. The topological polar surface area (TPSA) is 60.9 Å². The first kappa shape index (κ1) is 23.3. The summed E-state index contributed by atoms with van der Waals surface area (Å²) in [5, 5.41) is 0.573. The van der Waals surface area contributed by atoms with Crippen molar-refractivity contribution in [2.24, 2.45) is 17.6 Å². The van der Waals surface area contributed by atoms with E-state index in [1.54, 1.807) is 12.1 Å². The van der Waals surface area contributed by atoms with Crippen molar-refractivity contribution >= 4 is 28.5 Å². The molecule has 4 nitrogen and oxygen atoms in total. The highest BCUT2D eigenvalue weighted by Crippen LogP contribution is 2.50. The molecule has 0 unspecified atom stereocenters. The lowest BCUT2D eigenvalue weighted by Gasteiger charge is -2.48. The Kier molecular flexibility index (Phi) is 6.36. The van der Waals surface area contributed by atoms with Gasteiger partial charge in [0, 0.05) is 22.7 Å². The third-order valence-corrected chi connectivity index (χ3v) is 8.27. The number of hydrogen-bond acceptors (Lipinski definition) is 2. The zero-order valence-corrected chi connectivity index (χ0v) is 20.0. The van der Waals surface area contributed by atoms with E-state index >= 15 is 0 Å². The highest BCUT2D eigenvalue weighted by molar-refractivity contribution is 6.30. The summed E-state index contributed by atoms with van der Waals surface area (Å²) in [6.45, 7) is 0. The number of hydrogen-bond donors (Lipinski definition) is 1. The van der Waals surface area contributed by atoms with Gasteiger partial charge in [-0.25, -0.2) is 13.8 Å². The van der Waals surface area contributed by atoms with Gasteiger partial charge in [-0.05, 0) is 61.8 Å². The largest absolute Gasteiger partial charge is 0.368 e. The van der Waals surface area contributed by atoms with Gasteiger partial charge in [0.05, 0.1) is 11.0 Å². The molecule has 0 atom stereocenters. The third-order valence-electron chi connectivity index (χ3n) is 8.02. The van der Waals surface area contributed by atoms with Crippen molar-refractivity contribution in [3.05, 3.63) is 53.1 Å². The van der Waals surface area contributed by atoms with Crippen LogP contribution in [0, 0.1) is 23.5 Å². The molecule has 7 heteroatoms. The molecule has 1 heterocycles. The van der Waals surface area contributed by atoms with E-state index in [-0.39, 0.29) is 11.8 Å². The molecule has 0 aliphatic heterocycles. The summed E-state index contributed by atoms with van der Waals surface area (Å²) in [6.07, 6.45) is 9.87. The average molecular weight is 486 g/mol. The van der Waals surface area contributed by atoms with Crippen LogP contribution in [0.25, 0.3) is 22.4 Å². The van der Waals surface area contributed by atoms with Crippen LogP contribution >= 0.6 is 11.6 Å². The zero-order chi connectivity index (χ0) is 23.9. The van der Waals surface area contributed by atoms with Crippen LogP contribution in [0.5, 0.6) is 0 Å². The summed E-state index contributed by atoms with van der Waals surface area (Å²) in [6, 6.07) is 9.48. The maximum absolute atomic E-state index is 14.6. The molecular weight excluding hydrogens is 456 g/mol. The molecule has 0 spiro atoms. The predicted molar refractivity (Wildman–Crippen MR) is 130 cm³/mol. The summed E-state index contributed by atoms with van der Waals surface area (Å²) in [5.74, 6) is -1.78. The van der Waals surface area contributed by atoms with Gasteiger partial charge in [-0.1, -0.05) is 50.1 Å². The minimum atomic E-state index is -1.06. The van der Waals surface area contributed by atoms with Gasteiger partial charge >= 0.3 is 0 Å². The van der Waals surface area contributed by atoms with E-state index in [0.29, 0.717) is 21.9 Å². The molecule has 1 amide bonds. The van der Waals surface area contributed by atoms with Gasteiger partial charge in [0.2, 0.25) is 5.91 Å². The van der Waals surface area contributed by atoms with Gasteiger partial charge in [0.25, 0.3) is 0 Å². The third kappa shape index (κ3) is 3.80. The first-order valence-electron chi connectivity index (χ1n) is 12.4. The first-order valence-corrected chi connectivity index (χ1v) is 12.7. The van der Waals surface area contributed by atoms with Crippen molar-refractivity contribution < 1.29 is 13.6 Å². The van der Waals surface area contributed by atoms with Gasteiger partial charge in [0.1, 0.15) is 11.4 Å². The molecule has 3 aromatic rings. The predicted octanol–water partition coefficient (Wildman–Crippen LogP) is 6.98. The van der Waals surface area contributed by atoms with Crippen LogP contribution in [0.1, 0.15) is 64.2 Å². The van der Waals surface area contributed by atoms with Crippen molar-refractivity contribution in [1.29, 1.82) is 0 Å². The number of nitrogens with zero attached hydrogens (tertiary/aromatic N) is 2. The lowest BCUT2D eigenvalue weighted by molar-refractivity contribution is -0.135. The second-order valence-corrected chi connectivity index (χ2v) is 10.3. The van der Waals surface area contributed by atoms with E-state index in [2.05, 4.69) is 0 Å².